The molecule has 4 nitrogen and oxygen atoms in total. The van der Waals surface area contributed by atoms with Gasteiger partial charge in [-0.2, -0.15) is 0 Å². The Morgan fingerprint density at radius 1 is 1.29 bits per heavy atom. The lowest BCUT2D eigenvalue weighted by Gasteiger charge is -2.34. The van der Waals surface area contributed by atoms with Crippen LogP contribution in [0, 0.1) is 5.92 Å². The Morgan fingerprint density at radius 3 is 2.24 bits per heavy atom. The van der Waals surface area contributed by atoms with Gasteiger partial charge in [-0.25, -0.2) is 17.5 Å². The molecule has 1 unspecified atom stereocenters. The summed E-state index contributed by atoms with van der Waals surface area (Å²) in [5.41, 5.74) is -0.480. The van der Waals surface area contributed by atoms with Crippen LogP contribution in [0.4, 0.5) is 4.39 Å². The molecule has 0 aliphatic heterocycles. The molecule has 0 spiro atoms. The maximum Gasteiger partial charge on any atom is 0.209 e. The molecule has 128 valence electrons. The van der Waals surface area contributed by atoms with Crippen molar-refractivity contribution in [1.82, 2.24) is 9.62 Å². The van der Waals surface area contributed by atoms with Gasteiger partial charge in [0.25, 0.3) is 0 Å². The van der Waals surface area contributed by atoms with Gasteiger partial charge in [0.1, 0.15) is 6.67 Å². The smallest absolute Gasteiger partial charge is 0.209 e. The first-order valence-corrected chi connectivity index (χ1v) is 9.69. The number of alkyl halides is 1. The van der Waals surface area contributed by atoms with Crippen molar-refractivity contribution in [2.45, 2.75) is 65.5 Å². The van der Waals surface area contributed by atoms with Crippen LogP contribution < -0.4 is 4.72 Å². The molecule has 0 aromatic heterocycles. The zero-order chi connectivity index (χ0) is 16.7. The fraction of sp³-hybridized carbons (Fsp3) is 1.00. The lowest BCUT2D eigenvalue weighted by atomic mass is 9.88. The molecule has 0 aliphatic rings. The summed E-state index contributed by atoms with van der Waals surface area (Å²) in [5.74, 6) is 0.355. The molecule has 0 fully saturated rings. The molecule has 0 amide bonds. The lowest BCUT2D eigenvalue weighted by molar-refractivity contribution is 0.152. The van der Waals surface area contributed by atoms with E-state index < -0.39 is 15.6 Å². The normalized spacial score (nSPS) is 14.9. The van der Waals surface area contributed by atoms with E-state index in [1.54, 1.807) is 0 Å². The lowest BCUT2D eigenvalue weighted by Crippen LogP contribution is -2.46. The fourth-order valence-electron chi connectivity index (χ4n) is 2.93. The Morgan fingerprint density at radius 2 is 1.86 bits per heavy atom. The van der Waals surface area contributed by atoms with Crippen molar-refractivity contribution >= 4 is 10.0 Å². The predicted octanol–water partition coefficient (Wildman–Crippen LogP) is 2.80. The highest BCUT2D eigenvalue weighted by Crippen LogP contribution is 2.23. The van der Waals surface area contributed by atoms with E-state index in [1.165, 1.54) is 6.26 Å². The summed E-state index contributed by atoms with van der Waals surface area (Å²) in [6, 6.07) is 0.297. The SMILES string of the molecule is CCCC(CN(CCF)C(C)C)CC(C)(C)NS(C)(=O)=O. The van der Waals surface area contributed by atoms with Gasteiger partial charge in [-0.15, -0.1) is 0 Å². The van der Waals surface area contributed by atoms with Gasteiger partial charge in [-0.3, -0.25) is 4.90 Å². The minimum Gasteiger partial charge on any atom is -0.298 e. The van der Waals surface area contributed by atoms with E-state index in [4.69, 9.17) is 0 Å². The Labute approximate surface area is 130 Å². The van der Waals surface area contributed by atoms with Crippen molar-refractivity contribution in [3.63, 3.8) is 0 Å². The molecular weight excluding hydrogens is 291 g/mol. The molecule has 21 heavy (non-hydrogen) atoms. The van der Waals surface area contributed by atoms with E-state index in [0.717, 1.165) is 25.8 Å². The van der Waals surface area contributed by atoms with E-state index in [9.17, 15) is 12.8 Å². The summed E-state index contributed by atoms with van der Waals surface area (Å²) in [6.45, 7) is 11.0. The van der Waals surface area contributed by atoms with Gasteiger partial charge in [-0.1, -0.05) is 13.3 Å². The quantitative estimate of drug-likeness (QED) is 0.636. The summed E-state index contributed by atoms with van der Waals surface area (Å²) in [6.07, 6.45) is 4.00. The average molecular weight is 325 g/mol. The number of sulfonamides is 1. The van der Waals surface area contributed by atoms with Crippen molar-refractivity contribution in [3.8, 4) is 0 Å². The summed E-state index contributed by atoms with van der Waals surface area (Å²) in [7, 11) is -3.22. The maximum absolute atomic E-state index is 12.7. The van der Waals surface area contributed by atoms with Crippen molar-refractivity contribution in [1.29, 1.82) is 0 Å². The minimum absolute atomic E-state index is 0.297. The second-order valence-corrected chi connectivity index (χ2v) is 8.64. The van der Waals surface area contributed by atoms with Crippen LogP contribution in [0.15, 0.2) is 0 Å². The van der Waals surface area contributed by atoms with Crippen molar-refractivity contribution < 1.29 is 12.8 Å². The Hall–Kier alpha value is -0.200. The maximum atomic E-state index is 12.7. The first kappa shape index (κ1) is 20.8. The van der Waals surface area contributed by atoms with Crippen LogP contribution in [-0.4, -0.2) is 50.9 Å². The van der Waals surface area contributed by atoms with E-state index in [-0.39, 0.29) is 6.67 Å². The number of hydrogen-bond donors (Lipinski definition) is 1. The van der Waals surface area contributed by atoms with E-state index in [1.807, 2.05) is 13.8 Å². The number of rotatable bonds is 11. The highest BCUT2D eigenvalue weighted by atomic mass is 32.2. The monoisotopic (exact) mass is 324 g/mol. The number of halogens is 1. The van der Waals surface area contributed by atoms with Crippen LogP contribution in [0.1, 0.15) is 53.9 Å². The van der Waals surface area contributed by atoms with Crippen molar-refractivity contribution in [3.05, 3.63) is 0 Å². The molecule has 0 saturated heterocycles. The van der Waals surface area contributed by atoms with Gasteiger partial charge in [0, 0.05) is 24.7 Å². The summed E-state index contributed by atoms with van der Waals surface area (Å²) < 4.78 is 38.3. The van der Waals surface area contributed by atoms with E-state index in [2.05, 4.69) is 30.4 Å². The van der Waals surface area contributed by atoms with Gasteiger partial charge < -0.3 is 0 Å². The standard InChI is InChI=1S/C15H33FN2O2S/c1-7-8-14(12-18(10-9-16)13(2)3)11-15(4,5)17-21(6,19)20/h13-14,17H,7-12H2,1-6H3. The van der Waals surface area contributed by atoms with Gasteiger partial charge in [0.15, 0.2) is 0 Å². The van der Waals surface area contributed by atoms with Crippen LogP contribution >= 0.6 is 0 Å². The van der Waals surface area contributed by atoms with Gasteiger partial charge >= 0.3 is 0 Å². The first-order chi connectivity index (χ1) is 9.50. The van der Waals surface area contributed by atoms with Crippen molar-refractivity contribution in [2.24, 2.45) is 5.92 Å². The predicted molar refractivity (Wildman–Crippen MR) is 87.8 cm³/mol. The summed E-state index contributed by atoms with van der Waals surface area (Å²) >= 11 is 0. The van der Waals surface area contributed by atoms with Crippen LogP contribution in [0.3, 0.4) is 0 Å². The first-order valence-electron chi connectivity index (χ1n) is 7.79. The molecule has 1 atom stereocenters. The highest BCUT2D eigenvalue weighted by Gasteiger charge is 2.27. The molecule has 0 aliphatic carbocycles. The van der Waals surface area contributed by atoms with Crippen LogP contribution in [0.25, 0.3) is 0 Å². The Bertz CT molecular complexity index is 383. The molecule has 0 heterocycles. The molecule has 0 radical (unpaired) electrons. The fourth-order valence-corrected chi connectivity index (χ4v) is 4.02. The largest absolute Gasteiger partial charge is 0.298 e. The molecule has 0 aromatic rings. The number of nitrogens with one attached hydrogen (secondary N) is 1. The molecule has 0 rings (SSSR count). The Balaban J connectivity index is 4.81. The molecule has 0 aromatic carbocycles. The van der Waals surface area contributed by atoms with Crippen LogP contribution in [0.2, 0.25) is 0 Å². The van der Waals surface area contributed by atoms with Gasteiger partial charge in [-0.05, 0) is 46.5 Å². The van der Waals surface area contributed by atoms with E-state index in [0.29, 0.717) is 18.5 Å². The molecule has 0 saturated carbocycles. The summed E-state index contributed by atoms with van der Waals surface area (Å²) in [5, 5.41) is 0. The van der Waals surface area contributed by atoms with Crippen molar-refractivity contribution in [2.75, 3.05) is 26.0 Å². The third-order valence-corrected chi connectivity index (χ3v) is 4.48. The zero-order valence-corrected chi connectivity index (χ0v) is 15.3. The topological polar surface area (TPSA) is 49.4 Å². The number of hydrogen-bond acceptors (Lipinski definition) is 3. The average Bonchev–Trinajstić information content (AvgIpc) is 2.24. The molecule has 6 heteroatoms. The number of nitrogens with zero attached hydrogens (tertiary/aromatic N) is 1. The second-order valence-electron chi connectivity index (χ2n) is 6.89. The summed E-state index contributed by atoms with van der Waals surface area (Å²) in [4.78, 5) is 2.14. The van der Waals surface area contributed by atoms with Gasteiger partial charge in [0.05, 0.1) is 6.26 Å². The molecular formula is C15H33FN2O2S. The third-order valence-electron chi connectivity index (χ3n) is 3.55. The van der Waals surface area contributed by atoms with Crippen LogP contribution in [0.5, 0.6) is 0 Å². The Kier molecular flexibility index (Phi) is 8.97. The van der Waals surface area contributed by atoms with Crippen LogP contribution in [-0.2, 0) is 10.0 Å². The second kappa shape index (κ2) is 9.06. The van der Waals surface area contributed by atoms with E-state index >= 15 is 0 Å². The zero-order valence-electron chi connectivity index (χ0n) is 14.4. The molecule has 1 N–H and O–H groups in total. The highest BCUT2D eigenvalue weighted by molar-refractivity contribution is 7.88. The van der Waals surface area contributed by atoms with Gasteiger partial charge in [0.2, 0.25) is 10.0 Å². The molecule has 0 bridgehead atoms. The minimum atomic E-state index is -3.22. The third kappa shape index (κ3) is 10.2.